The monoisotopic (exact) mass is 225 g/mol. The molecule has 15 heavy (non-hydrogen) atoms. The quantitative estimate of drug-likeness (QED) is 0.820. The second-order valence-corrected chi connectivity index (χ2v) is 5.10. The van der Waals surface area contributed by atoms with Crippen LogP contribution >= 0.6 is 11.3 Å². The number of carbonyl (C=O) groups excluding carboxylic acids is 1. The number of aromatic nitrogens is 1. The first-order chi connectivity index (χ1) is 7.08. The molecule has 0 saturated heterocycles. The van der Waals surface area contributed by atoms with Crippen molar-refractivity contribution in [2.75, 3.05) is 5.73 Å². The van der Waals surface area contributed by atoms with Crippen LogP contribution in [-0.4, -0.2) is 16.9 Å². The number of rotatable bonds is 3. The number of nitrogen functional groups attached to an aromatic ring is 1. The lowest BCUT2D eigenvalue weighted by Gasteiger charge is -2.11. The van der Waals surface area contributed by atoms with Crippen molar-refractivity contribution in [1.29, 1.82) is 0 Å². The second-order valence-electron chi connectivity index (χ2n) is 4.07. The smallest absolute Gasteiger partial charge is 0.263 e. The fourth-order valence-electron chi connectivity index (χ4n) is 1.61. The molecule has 0 radical (unpaired) electrons. The molecule has 3 N–H and O–H groups in total. The third-order valence-electron chi connectivity index (χ3n) is 2.71. The maximum Gasteiger partial charge on any atom is 0.263 e. The number of amides is 1. The van der Waals surface area contributed by atoms with Crippen molar-refractivity contribution in [2.45, 2.75) is 32.7 Å². The van der Waals surface area contributed by atoms with Crippen molar-refractivity contribution >= 4 is 22.4 Å². The van der Waals surface area contributed by atoms with Crippen LogP contribution in [0.4, 0.5) is 5.13 Å². The molecule has 1 aromatic heterocycles. The highest BCUT2D eigenvalue weighted by Gasteiger charge is 2.29. The summed E-state index contributed by atoms with van der Waals surface area (Å²) in [6.45, 7) is 3.86. The van der Waals surface area contributed by atoms with Gasteiger partial charge in [0.1, 0.15) is 4.88 Å². The van der Waals surface area contributed by atoms with Gasteiger partial charge in [0.2, 0.25) is 0 Å². The Labute approximate surface area is 92.9 Å². The lowest BCUT2D eigenvalue weighted by atomic mass is 10.2. The number of aryl methyl sites for hydroxylation is 1. The van der Waals surface area contributed by atoms with E-state index >= 15 is 0 Å². The molecular formula is C10H15N3OS. The average molecular weight is 225 g/mol. The van der Waals surface area contributed by atoms with Gasteiger partial charge in [0.15, 0.2) is 5.13 Å². The van der Waals surface area contributed by atoms with Crippen LogP contribution in [0.15, 0.2) is 0 Å². The Morgan fingerprint density at radius 1 is 1.67 bits per heavy atom. The minimum atomic E-state index is -0.0406. The second kappa shape index (κ2) is 3.81. The Hall–Kier alpha value is -1.10. The predicted octanol–water partition coefficient (Wildman–Crippen LogP) is 1.56. The summed E-state index contributed by atoms with van der Waals surface area (Å²) in [6.07, 6.45) is 2.45. The van der Waals surface area contributed by atoms with Crippen molar-refractivity contribution in [3.05, 3.63) is 10.6 Å². The summed E-state index contributed by atoms with van der Waals surface area (Å²) in [7, 11) is 0. The van der Waals surface area contributed by atoms with Crippen LogP contribution < -0.4 is 11.1 Å². The number of carbonyl (C=O) groups is 1. The summed E-state index contributed by atoms with van der Waals surface area (Å²) in [6, 6.07) is 0.264. The Kier molecular flexibility index (Phi) is 2.65. The van der Waals surface area contributed by atoms with Gasteiger partial charge in [0.05, 0.1) is 5.69 Å². The molecule has 2 rings (SSSR count). The Morgan fingerprint density at radius 2 is 2.33 bits per heavy atom. The van der Waals surface area contributed by atoms with Gasteiger partial charge < -0.3 is 11.1 Å². The summed E-state index contributed by atoms with van der Waals surface area (Å²) < 4.78 is 0. The Morgan fingerprint density at radius 3 is 2.80 bits per heavy atom. The first kappa shape index (κ1) is 10.4. The minimum absolute atomic E-state index is 0.0406. The maximum atomic E-state index is 11.8. The SMILES string of the molecule is Cc1nc(N)sc1C(=O)NC(C)C1CC1. The van der Waals surface area contributed by atoms with Crippen molar-refractivity contribution in [1.82, 2.24) is 10.3 Å². The number of nitrogens with one attached hydrogen (secondary N) is 1. The van der Waals surface area contributed by atoms with E-state index in [0.29, 0.717) is 15.9 Å². The van der Waals surface area contributed by atoms with E-state index in [1.54, 1.807) is 0 Å². The highest BCUT2D eigenvalue weighted by Crippen LogP contribution is 2.32. The zero-order chi connectivity index (χ0) is 11.0. The Bertz CT molecular complexity index is 384. The molecule has 0 aromatic carbocycles. The Balaban J connectivity index is 2.03. The molecule has 0 spiro atoms. The van der Waals surface area contributed by atoms with E-state index in [4.69, 9.17) is 5.73 Å². The van der Waals surface area contributed by atoms with Crippen LogP contribution in [0.2, 0.25) is 0 Å². The largest absolute Gasteiger partial charge is 0.375 e. The van der Waals surface area contributed by atoms with Crippen LogP contribution in [0, 0.1) is 12.8 Å². The number of thiazole rings is 1. The molecule has 4 nitrogen and oxygen atoms in total. The standard InChI is InChI=1S/C10H15N3OS/c1-5(7-3-4-7)12-9(14)8-6(2)13-10(11)15-8/h5,7H,3-4H2,1-2H3,(H2,11,13)(H,12,14). The molecule has 1 saturated carbocycles. The summed E-state index contributed by atoms with van der Waals surface area (Å²) in [5.74, 6) is 0.626. The lowest BCUT2D eigenvalue weighted by molar-refractivity contribution is 0.0939. The van der Waals surface area contributed by atoms with E-state index in [0.717, 1.165) is 5.69 Å². The van der Waals surface area contributed by atoms with Crippen molar-refractivity contribution in [3.63, 3.8) is 0 Å². The third kappa shape index (κ3) is 2.28. The van der Waals surface area contributed by atoms with Crippen LogP contribution in [0.1, 0.15) is 35.1 Å². The van der Waals surface area contributed by atoms with Crippen LogP contribution in [-0.2, 0) is 0 Å². The van der Waals surface area contributed by atoms with Crippen LogP contribution in [0.5, 0.6) is 0 Å². The van der Waals surface area contributed by atoms with Gasteiger partial charge in [0.25, 0.3) is 5.91 Å². The lowest BCUT2D eigenvalue weighted by Crippen LogP contribution is -2.33. The number of nitrogens with zero attached hydrogens (tertiary/aromatic N) is 1. The third-order valence-corrected chi connectivity index (χ3v) is 3.69. The molecule has 1 aliphatic rings. The zero-order valence-corrected chi connectivity index (χ0v) is 9.73. The average Bonchev–Trinajstić information content (AvgIpc) is 2.92. The number of anilines is 1. The van der Waals surface area contributed by atoms with E-state index < -0.39 is 0 Å². The summed E-state index contributed by atoms with van der Waals surface area (Å²) in [5, 5.41) is 3.44. The summed E-state index contributed by atoms with van der Waals surface area (Å²) in [5.41, 5.74) is 6.27. The minimum Gasteiger partial charge on any atom is -0.375 e. The van der Waals surface area contributed by atoms with Gasteiger partial charge in [-0.1, -0.05) is 11.3 Å². The van der Waals surface area contributed by atoms with Gasteiger partial charge in [-0.15, -0.1) is 0 Å². The molecule has 0 aliphatic heterocycles. The van der Waals surface area contributed by atoms with Gasteiger partial charge in [0, 0.05) is 6.04 Å². The summed E-state index contributed by atoms with van der Waals surface area (Å²) >= 11 is 1.25. The highest BCUT2D eigenvalue weighted by atomic mass is 32.1. The molecule has 1 aliphatic carbocycles. The van der Waals surface area contributed by atoms with E-state index in [1.165, 1.54) is 24.2 Å². The number of hydrogen-bond acceptors (Lipinski definition) is 4. The first-order valence-corrected chi connectivity index (χ1v) is 5.93. The van der Waals surface area contributed by atoms with Crippen LogP contribution in [0.25, 0.3) is 0 Å². The van der Waals surface area contributed by atoms with Gasteiger partial charge in [-0.2, -0.15) is 0 Å². The fraction of sp³-hybridized carbons (Fsp3) is 0.600. The van der Waals surface area contributed by atoms with Crippen molar-refractivity contribution in [3.8, 4) is 0 Å². The van der Waals surface area contributed by atoms with E-state index in [1.807, 2.05) is 6.92 Å². The molecule has 1 heterocycles. The molecule has 82 valence electrons. The number of nitrogens with two attached hydrogens (primary N) is 1. The molecule has 1 aromatic rings. The topological polar surface area (TPSA) is 68.0 Å². The molecule has 5 heteroatoms. The van der Waals surface area contributed by atoms with Gasteiger partial charge in [-0.3, -0.25) is 4.79 Å². The van der Waals surface area contributed by atoms with Gasteiger partial charge >= 0.3 is 0 Å². The van der Waals surface area contributed by atoms with E-state index in [-0.39, 0.29) is 11.9 Å². The predicted molar refractivity (Wildman–Crippen MR) is 60.9 cm³/mol. The molecule has 1 unspecified atom stereocenters. The van der Waals surface area contributed by atoms with E-state index in [9.17, 15) is 4.79 Å². The molecule has 0 bridgehead atoms. The fourth-order valence-corrected chi connectivity index (χ4v) is 2.35. The van der Waals surface area contributed by atoms with Gasteiger partial charge in [-0.05, 0) is 32.6 Å². The van der Waals surface area contributed by atoms with Crippen molar-refractivity contribution < 1.29 is 4.79 Å². The molecule has 1 atom stereocenters. The highest BCUT2D eigenvalue weighted by molar-refractivity contribution is 7.17. The number of hydrogen-bond donors (Lipinski definition) is 2. The normalized spacial score (nSPS) is 17.5. The summed E-state index contributed by atoms with van der Waals surface area (Å²) in [4.78, 5) is 16.5. The molecule has 1 fully saturated rings. The molecule has 1 amide bonds. The zero-order valence-electron chi connectivity index (χ0n) is 8.91. The van der Waals surface area contributed by atoms with Crippen LogP contribution in [0.3, 0.4) is 0 Å². The van der Waals surface area contributed by atoms with E-state index in [2.05, 4.69) is 17.2 Å². The van der Waals surface area contributed by atoms with Crippen molar-refractivity contribution in [2.24, 2.45) is 5.92 Å². The van der Waals surface area contributed by atoms with Gasteiger partial charge in [-0.25, -0.2) is 4.98 Å². The first-order valence-electron chi connectivity index (χ1n) is 5.11. The molecular weight excluding hydrogens is 210 g/mol. The maximum absolute atomic E-state index is 11.8.